The van der Waals surface area contributed by atoms with Crippen LogP contribution in [0.1, 0.15) is 15.9 Å². The number of benzene rings is 2. The molecule has 0 bridgehead atoms. The second-order valence-corrected chi connectivity index (χ2v) is 8.48. The Balaban J connectivity index is 2.07. The molecule has 0 radical (unpaired) electrons. The first-order valence-electron chi connectivity index (χ1n) is 6.01. The third kappa shape index (κ3) is 2.51. The van der Waals surface area contributed by atoms with Gasteiger partial charge in [-0.25, -0.2) is 12.7 Å². The molecule has 1 aliphatic heterocycles. The molecule has 3 rings (SSSR count). The quantitative estimate of drug-likeness (QED) is 0.623. The maximum Gasteiger partial charge on any atom is 0.269 e. The van der Waals surface area contributed by atoms with E-state index in [2.05, 4.69) is 15.9 Å². The van der Waals surface area contributed by atoms with Gasteiger partial charge in [-0.1, -0.05) is 34.1 Å². The van der Waals surface area contributed by atoms with Crippen molar-refractivity contribution in [2.75, 3.05) is 0 Å². The molecule has 2 aromatic carbocycles. The second kappa shape index (κ2) is 5.36. The van der Waals surface area contributed by atoms with Gasteiger partial charge in [-0.15, -0.1) is 0 Å². The molecular weight excluding hydrogens is 469 g/mol. The van der Waals surface area contributed by atoms with Crippen LogP contribution in [0.2, 0.25) is 0 Å². The van der Waals surface area contributed by atoms with Crippen LogP contribution in [0.5, 0.6) is 0 Å². The number of halogens is 2. The maximum atomic E-state index is 12.5. The van der Waals surface area contributed by atoms with E-state index < -0.39 is 15.9 Å². The Morgan fingerprint density at radius 1 is 1.14 bits per heavy atom. The SMILES string of the molecule is O=C1c2ccc(I)cc2S(=O)(=O)N1Cc1ccccc1Br. The summed E-state index contributed by atoms with van der Waals surface area (Å²) in [4.78, 5) is 12.5. The number of carbonyl (C=O) groups excluding carboxylic acids is 1. The molecule has 0 spiro atoms. The fourth-order valence-corrected chi connectivity index (χ4v) is 4.87. The van der Waals surface area contributed by atoms with Gasteiger partial charge in [-0.2, -0.15) is 0 Å². The zero-order valence-electron chi connectivity index (χ0n) is 10.6. The van der Waals surface area contributed by atoms with Crippen molar-refractivity contribution in [2.24, 2.45) is 0 Å². The molecule has 4 nitrogen and oxygen atoms in total. The number of nitrogens with zero attached hydrogens (tertiary/aromatic N) is 1. The van der Waals surface area contributed by atoms with Crippen molar-refractivity contribution in [2.45, 2.75) is 11.4 Å². The van der Waals surface area contributed by atoms with E-state index in [-0.39, 0.29) is 17.0 Å². The predicted molar refractivity (Wildman–Crippen MR) is 90.4 cm³/mol. The molecule has 1 aliphatic rings. The highest BCUT2D eigenvalue weighted by Gasteiger charge is 2.41. The van der Waals surface area contributed by atoms with Crippen LogP contribution < -0.4 is 0 Å². The summed E-state index contributed by atoms with van der Waals surface area (Å²) in [6.45, 7) is 0.0217. The Bertz CT molecular complexity index is 851. The summed E-state index contributed by atoms with van der Waals surface area (Å²) in [5.74, 6) is -0.475. The first kappa shape index (κ1) is 15.0. The molecular formula is C14H9BrINO3S. The van der Waals surface area contributed by atoms with Gasteiger partial charge in [0.15, 0.2) is 0 Å². The molecule has 1 heterocycles. The Kier molecular flexibility index (Phi) is 3.83. The lowest BCUT2D eigenvalue weighted by Crippen LogP contribution is -2.29. The summed E-state index contributed by atoms with van der Waals surface area (Å²) in [5.41, 5.74) is 0.986. The number of hydrogen-bond acceptors (Lipinski definition) is 3. The van der Waals surface area contributed by atoms with Crippen molar-refractivity contribution in [1.29, 1.82) is 0 Å². The molecule has 108 valence electrons. The van der Waals surface area contributed by atoms with Gasteiger partial charge in [-0.05, 0) is 52.4 Å². The number of amides is 1. The highest BCUT2D eigenvalue weighted by molar-refractivity contribution is 14.1. The molecule has 0 saturated carbocycles. The number of sulfonamides is 1. The molecule has 2 aromatic rings. The van der Waals surface area contributed by atoms with E-state index in [4.69, 9.17) is 0 Å². The first-order valence-corrected chi connectivity index (χ1v) is 9.32. The highest BCUT2D eigenvalue weighted by atomic mass is 127. The molecule has 0 saturated heterocycles. The van der Waals surface area contributed by atoms with Gasteiger partial charge in [-0.3, -0.25) is 4.79 Å². The second-order valence-electron chi connectivity index (χ2n) is 4.55. The fraction of sp³-hybridized carbons (Fsp3) is 0.0714. The van der Waals surface area contributed by atoms with Gasteiger partial charge in [0.25, 0.3) is 15.9 Å². The molecule has 0 unspecified atom stereocenters. The summed E-state index contributed by atoms with van der Waals surface area (Å²) >= 11 is 5.41. The lowest BCUT2D eigenvalue weighted by molar-refractivity contribution is 0.0865. The van der Waals surface area contributed by atoms with E-state index in [1.807, 2.05) is 40.8 Å². The minimum atomic E-state index is -3.77. The first-order chi connectivity index (χ1) is 9.91. The Morgan fingerprint density at radius 2 is 1.86 bits per heavy atom. The van der Waals surface area contributed by atoms with Crippen molar-refractivity contribution in [3.05, 3.63) is 61.6 Å². The van der Waals surface area contributed by atoms with Crippen LogP contribution in [-0.2, 0) is 16.6 Å². The predicted octanol–water partition coefficient (Wildman–Crippen LogP) is 3.40. The monoisotopic (exact) mass is 477 g/mol. The van der Waals surface area contributed by atoms with Crippen LogP contribution in [0.25, 0.3) is 0 Å². The third-order valence-electron chi connectivity index (χ3n) is 3.24. The highest BCUT2D eigenvalue weighted by Crippen LogP contribution is 2.33. The smallest absolute Gasteiger partial charge is 0.268 e. The molecule has 0 atom stereocenters. The van der Waals surface area contributed by atoms with Crippen molar-refractivity contribution >= 4 is 54.5 Å². The average molecular weight is 478 g/mol. The van der Waals surface area contributed by atoms with E-state index in [0.717, 1.165) is 17.9 Å². The number of fused-ring (bicyclic) bond motifs is 1. The molecule has 21 heavy (non-hydrogen) atoms. The van der Waals surface area contributed by atoms with Crippen molar-refractivity contribution < 1.29 is 13.2 Å². The summed E-state index contributed by atoms with van der Waals surface area (Å²) in [6.07, 6.45) is 0. The van der Waals surface area contributed by atoms with Crippen LogP contribution >= 0.6 is 38.5 Å². The Hall–Kier alpha value is -0.930. The van der Waals surface area contributed by atoms with Gasteiger partial charge in [0.2, 0.25) is 0 Å². The normalized spacial score (nSPS) is 16.1. The van der Waals surface area contributed by atoms with Crippen LogP contribution in [0.4, 0.5) is 0 Å². The van der Waals surface area contributed by atoms with Gasteiger partial charge >= 0.3 is 0 Å². The maximum absolute atomic E-state index is 12.5. The summed E-state index contributed by atoms with van der Waals surface area (Å²) in [5, 5.41) is 0. The van der Waals surface area contributed by atoms with Gasteiger partial charge in [0.1, 0.15) is 4.90 Å². The fourth-order valence-electron chi connectivity index (χ4n) is 2.19. The lowest BCUT2D eigenvalue weighted by atomic mass is 10.2. The molecule has 7 heteroatoms. The molecule has 0 fully saturated rings. The van der Waals surface area contributed by atoms with Crippen LogP contribution in [-0.4, -0.2) is 18.6 Å². The van der Waals surface area contributed by atoms with E-state index in [0.29, 0.717) is 0 Å². The zero-order chi connectivity index (χ0) is 15.2. The van der Waals surface area contributed by atoms with Gasteiger partial charge in [0, 0.05) is 8.04 Å². The van der Waals surface area contributed by atoms with E-state index in [1.165, 1.54) is 6.07 Å². The lowest BCUT2D eigenvalue weighted by Gasteiger charge is -2.16. The average Bonchev–Trinajstić information content (AvgIpc) is 2.62. The molecule has 1 amide bonds. The minimum absolute atomic E-state index is 0.0217. The molecule has 0 N–H and O–H groups in total. The van der Waals surface area contributed by atoms with Crippen LogP contribution in [0.3, 0.4) is 0 Å². The van der Waals surface area contributed by atoms with E-state index in [1.54, 1.807) is 18.2 Å². The number of carbonyl (C=O) groups is 1. The zero-order valence-corrected chi connectivity index (χ0v) is 15.1. The van der Waals surface area contributed by atoms with Crippen molar-refractivity contribution in [1.82, 2.24) is 4.31 Å². The van der Waals surface area contributed by atoms with Crippen LogP contribution in [0.15, 0.2) is 51.8 Å². The van der Waals surface area contributed by atoms with Crippen LogP contribution in [0, 0.1) is 3.57 Å². The van der Waals surface area contributed by atoms with E-state index >= 15 is 0 Å². The van der Waals surface area contributed by atoms with Crippen molar-refractivity contribution in [3.63, 3.8) is 0 Å². The third-order valence-corrected chi connectivity index (χ3v) is 6.45. The summed E-state index contributed by atoms with van der Waals surface area (Å²) in [6, 6.07) is 12.1. The standard InChI is InChI=1S/C14H9BrINO3S/c15-12-4-2-1-3-9(12)8-17-14(18)11-6-5-10(16)7-13(11)21(17,19)20/h1-7H,8H2. The van der Waals surface area contributed by atoms with E-state index in [9.17, 15) is 13.2 Å². The minimum Gasteiger partial charge on any atom is -0.268 e. The molecule has 0 aliphatic carbocycles. The van der Waals surface area contributed by atoms with Gasteiger partial charge < -0.3 is 0 Å². The number of hydrogen-bond donors (Lipinski definition) is 0. The van der Waals surface area contributed by atoms with Crippen molar-refractivity contribution in [3.8, 4) is 0 Å². The Morgan fingerprint density at radius 3 is 2.57 bits per heavy atom. The largest absolute Gasteiger partial charge is 0.269 e. The molecule has 0 aromatic heterocycles. The van der Waals surface area contributed by atoms with Gasteiger partial charge in [0.05, 0.1) is 12.1 Å². The summed E-state index contributed by atoms with van der Waals surface area (Å²) in [7, 11) is -3.77. The number of rotatable bonds is 2. The summed E-state index contributed by atoms with van der Waals surface area (Å²) < 4.78 is 27.6. The Labute approximate surface area is 144 Å². The topological polar surface area (TPSA) is 54.5 Å².